The maximum atomic E-state index is 12.1. The fourth-order valence-electron chi connectivity index (χ4n) is 1.96. The van der Waals surface area contributed by atoms with Crippen LogP contribution in [0.1, 0.15) is 16.9 Å². The molecule has 2 aromatic rings. The van der Waals surface area contributed by atoms with Gasteiger partial charge in [-0.25, -0.2) is 0 Å². The number of fused-ring (bicyclic) bond motifs is 1. The van der Waals surface area contributed by atoms with E-state index in [-0.39, 0.29) is 5.91 Å². The second-order valence-corrected chi connectivity index (χ2v) is 5.07. The molecule has 1 heterocycles. The van der Waals surface area contributed by atoms with E-state index in [1.54, 1.807) is 16.7 Å². The number of rotatable bonds is 4. The van der Waals surface area contributed by atoms with Crippen LogP contribution in [0.25, 0.3) is 10.9 Å². The van der Waals surface area contributed by atoms with Gasteiger partial charge in [-0.3, -0.25) is 4.79 Å². The van der Waals surface area contributed by atoms with Crippen molar-refractivity contribution in [1.29, 1.82) is 0 Å². The standard InChI is InChI=1S/C13H15Cl2N3O/c1-18-10-4-3-9(14)12(15)8(10)7-11(18)13(19)17-6-2-5-16/h3-4,7H,2,5-6,16H2,1H3,(H,17,19). The van der Waals surface area contributed by atoms with Gasteiger partial charge in [-0.2, -0.15) is 0 Å². The Labute approximate surface area is 121 Å². The molecule has 1 aromatic heterocycles. The number of hydrogen-bond acceptors (Lipinski definition) is 2. The van der Waals surface area contributed by atoms with E-state index in [1.165, 1.54) is 0 Å². The number of aromatic nitrogens is 1. The highest BCUT2D eigenvalue weighted by Gasteiger charge is 2.15. The molecule has 1 aromatic carbocycles. The molecule has 0 radical (unpaired) electrons. The highest BCUT2D eigenvalue weighted by Crippen LogP contribution is 2.32. The van der Waals surface area contributed by atoms with Gasteiger partial charge in [0.2, 0.25) is 0 Å². The first-order valence-corrected chi connectivity index (χ1v) is 6.73. The van der Waals surface area contributed by atoms with Crippen LogP contribution in [-0.4, -0.2) is 23.6 Å². The molecule has 4 nitrogen and oxygen atoms in total. The zero-order valence-electron chi connectivity index (χ0n) is 10.5. The number of nitrogens with zero attached hydrogens (tertiary/aromatic N) is 1. The maximum Gasteiger partial charge on any atom is 0.267 e. The fraction of sp³-hybridized carbons (Fsp3) is 0.308. The van der Waals surface area contributed by atoms with Gasteiger partial charge in [-0.05, 0) is 31.2 Å². The molecule has 19 heavy (non-hydrogen) atoms. The molecule has 0 saturated heterocycles. The first-order valence-electron chi connectivity index (χ1n) is 5.98. The van der Waals surface area contributed by atoms with Crippen LogP contribution in [0.3, 0.4) is 0 Å². The van der Waals surface area contributed by atoms with Gasteiger partial charge >= 0.3 is 0 Å². The summed E-state index contributed by atoms with van der Waals surface area (Å²) in [6.45, 7) is 1.11. The van der Waals surface area contributed by atoms with Crippen LogP contribution in [0.4, 0.5) is 0 Å². The molecule has 0 atom stereocenters. The largest absolute Gasteiger partial charge is 0.351 e. The Hall–Kier alpha value is -1.23. The van der Waals surface area contributed by atoms with Gasteiger partial charge in [0.05, 0.1) is 10.0 Å². The van der Waals surface area contributed by atoms with Crippen LogP contribution in [0.2, 0.25) is 10.0 Å². The maximum absolute atomic E-state index is 12.1. The quantitative estimate of drug-likeness (QED) is 0.853. The number of benzene rings is 1. The summed E-state index contributed by atoms with van der Waals surface area (Å²) in [5.74, 6) is -0.140. The summed E-state index contributed by atoms with van der Waals surface area (Å²) >= 11 is 12.1. The number of hydrogen-bond donors (Lipinski definition) is 2. The molecule has 2 rings (SSSR count). The first-order chi connectivity index (χ1) is 9.06. The molecule has 0 bridgehead atoms. The molecule has 6 heteroatoms. The number of halogens is 2. The Balaban J connectivity index is 2.37. The molecule has 1 amide bonds. The van der Waals surface area contributed by atoms with Crippen LogP contribution < -0.4 is 11.1 Å². The van der Waals surface area contributed by atoms with Crippen molar-refractivity contribution in [3.05, 3.63) is 33.9 Å². The monoisotopic (exact) mass is 299 g/mol. The molecule has 3 N–H and O–H groups in total. The Bertz CT molecular complexity index is 622. The summed E-state index contributed by atoms with van der Waals surface area (Å²) < 4.78 is 1.80. The molecule has 0 fully saturated rings. The van der Waals surface area contributed by atoms with Crippen LogP contribution >= 0.6 is 23.2 Å². The molecular formula is C13H15Cl2N3O. The molecular weight excluding hydrogens is 285 g/mol. The smallest absolute Gasteiger partial charge is 0.267 e. The van der Waals surface area contributed by atoms with Gasteiger partial charge in [0.1, 0.15) is 5.69 Å². The first kappa shape index (κ1) is 14.2. The molecule has 0 spiro atoms. The van der Waals surface area contributed by atoms with Gasteiger partial charge in [0.25, 0.3) is 5.91 Å². The summed E-state index contributed by atoms with van der Waals surface area (Å²) in [7, 11) is 1.82. The van der Waals surface area contributed by atoms with E-state index in [0.717, 1.165) is 17.3 Å². The number of carbonyl (C=O) groups excluding carboxylic acids is 1. The Morgan fingerprint density at radius 2 is 2.16 bits per heavy atom. The second kappa shape index (κ2) is 5.82. The van der Waals surface area contributed by atoms with Crippen molar-refractivity contribution in [3.8, 4) is 0 Å². The van der Waals surface area contributed by atoms with Crippen molar-refractivity contribution < 1.29 is 4.79 Å². The minimum atomic E-state index is -0.140. The van der Waals surface area contributed by atoms with Gasteiger partial charge in [-0.15, -0.1) is 0 Å². The number of nitrogens with one attached hydrogen (secondary N) is 1. The number of amides is 1. The van der Waals surface area contributed by atoms with Gasteiger partial charge in [0.15, 0.2) is 0 Å². The predicted octanol–water partition coefficient (Wildman–Crippen LogP) is 2.56. The topological polar surface area (TPSA) is 60.0 Å². The predicted molar refractivity (Wildman–Crippen MR) is 78.9 cm³/mol. The van der Waals surface area contributed by atoms with E-state index in [4.69, 9.17) is 28.9 Å². The molecule has 0 aliphatic rings. The molecule has 0 aliphatic carbocycles. The van der Waals surface area contributed by atoms with E-state index < -0.39 is 0 Å². The van der Waals surface area contributed by atoms with Crippen molar-refractivity contribution >= 4 is 40.0 Å². The fourth-order valence-corrected chi connectivity index (χ4v) is 2.34. The van der Waals surface area contributed by atoms with E-state index in [1.807, 2.05) is 13.1 Å². The van der Waals surface area contributed by atoms with Gasteiger partial charge in [-0.1, -0.05) is 23.2 Å². The van der Waals surface area contributed by atoms with Gasteiger partial charge in [0, 0.05) is 24.5 Å². The number of nitrogens with two attached hydrogens (primary N) is 1. The number of carbonyl (C=O) groups is 1. The highest BCUT2D eigenvalue weighted by atomic mass is 35.5. The van der Waals surface area contributed by atoms with Crippen LogP contribution in [0.5, 0.6) is 0 Å². The van der Waals surface area contributed by atoms with Crippen molar-refractivity contribution in [2.24, 2.45) is 12.8 Å². The lowest BCUT2D eigenvalue weighted by Gasteiger charge is -2.05. The summed E-state index contributed by atoms with van der Waals surface area (Å²) in [6, 6.07) is 5.32. The Morgan fingerprint density at radius 3 is 2.84 bits per heavy atom. The Morgan fingerprint density at radius 1 is 1.42 bits per heavy atom. The average molecular weight is 300 g/mol. The summed E-state index contributed by atoms with van der Waals surface area (Å²) in [4.78, 5) is 12.1. The summed E-state index contributed by atoms with van der Waals surface area (Å²) in [6.07, 6.45) is 0.752. The normalized spacial score (nSPS) is 10.9. The lowest BCUT2D eigenvalue weighted by molar-refractivity contribution is 0.0946. The minimum Gasteiger partial charge on any atom is -0.351 e. The molecule has 102 valence electrons. The van der Waals surface area contributed by atoms with Crippen molar-refractivity contribution in [1.82, 2.24) is 9.88 Å². The summed E-state index contributed by atoms with van der Waals surface area (Å²) in [5, 5.41) is 4.55. The minimum absolute atomic E-state index is 0.140. The highest BCUT2D eigenvalue weighted by molar-refractivity contribution is 6.45. The van der Waals surface area contributed by atoms with Crippen molar-refractivity contribution in [3.63, 3.8) is 0 Å². The third-order valence-electron chi connectivity index (χ3n) is 3.01. The number of aryl methyl sites for hydroxylation is 1. The lowest BCUT2D eigenvalue weighted by atomic mass is 10.2. The van der Waals surface area contributed by atoms with E-state index >= 15 is 0 Å². The van der Waals surface area contributed by atoms with Crippen molar-refractivity contribution in [2.75, 3.05) is 13.1 Å². The van der Waals surface area contributed by atoms with Crippen LogP contribution in [0, 0.1) is 0 Å². The average Bonchev–Trinajstić information content (AvgIpc) is 2.72. The molecule has 0 unspecified atom stereocenters. The SMILES string of the molecule is Cn1c(C(=O)NCCCN)cc2c(Cl)c(Cl)ccc21. The summed E-state index contributed by atoms with van der Waals surface area (Å²) in [5.41, 5.74) is 6.82. The van der Waals surface area contributed by atoms with Crippen LogP contribution in [-0.2, 0) is 7.05 Å². The second-order valence-electron chi connectivity index (χ2n) is 4.28. The van der Waals surface area contributed by atoms with E-state index in [9.17, 15) is 4.79 Å². The van der Waals surface area contributed by atoms with Gasteiger partial charge < -0.3 is 15.6 Å². The zero-order chi connectivity index (χ0) is 14.0. The third kappa shape index (κ3) is 2.71. The Kier molecular flexibility index (Phi) is 4.34. The zero-order valence-corrected chi connectivity index (χ0v) is 12.1. The lowest BCUT2D eigenvalue weighted by Crippen LogP contribution is -2.27. The van der Waals surface area contributed by atoms with Crippen molar-refractivity contribution in [2.45, 2.75) is 6.42 Å². The van der Waals surface area contributed by atoms with E-state index in [0.29, 0.717) is 28.8 Å². The molecule has 0 saturated carbocycles. The van der Waals surface area contributed by atoms with Crippen LogP contribution in [0.15, 0.2) is 18.2 Å². The van der Waals surface area contributed by atoms with E-state index in [2.05, 4.69) is 5.32 Å². The molecule has 0 aliphatic heterocycles. The third-order valence-corrected chi connectivity index (χ3v) is 3.83.